The maximum atomic E-state index is 3.66. The van der Waals surface area contributed by atoms with Crippen LogP contribution in [0.15, 0.2) is 10.5 Å². The lowest BCUT2D eigenvalue weighted by atomic mass is 9.89. The number of hydrogen-bond donors (Lipinski definition) is 1. The maximum absolute atomic E-state index is 3.66. The van der Waals surface area contributed by atoms with Crippen molar-refractivity contribution in [3.05, 3.63) is 20.3 Å². The summed E-state index contributed by atoms with van der Waals surface area (Å²) in [7, 11) is 0. The molecule has 2 aliphatic carbocycles. The minimum atomic E-state index is 0.971. The minimum absolute atomic E-state index is 0.971. The molecule has 2 aliphatic rings. The molecule has 3 unspecified atom stereocenters. The van der Waals surface area contributed by atoms with E-state index in [9.17, 15) is 0 Å². The molecule has 3 heteroatoms. The van der Waals surface area contributed by atoms with Crippen LogP contribution in [0.3, 0.4) is 0 Å². The van der Waals surface area contributed by atoms with E-state index in [1.165, 1.54) is 46.5 Å². The fourth-order valence-electron chi connectivity index (χ4n) is 3.61. The Balaban J connectivity index is 1.46. The fourth-order valence-corrected chi connectivity index (χ4v) is 5.18. The second kappa shape index (κ2) is 5.02. The van der Waals surface area contributed by atoms with Gasteiger partial charge in [0.25, 0.3) is 0 Å². The molecule has 0 amide bonds. The van der Waals surface area contributed by atoms with Crippen LogP contribution in [0, 0.1) is 24.7 Å². The van der Waals surface area contributed by atoms with E-state index in [0.717, 1.165) is 24.3 Å². The molecule has 1 nitrogen and oxygen atoms in total. The van der Waals surface area contributed by atoms with E-state index < -0.39 is 0 Å². The van der Waals surface area contributed by atoms with Crippen molar-refractivity contribution >= 4 is 27.3 Å². The third-order valence-corrected chi connectivity index (χ3v) is 6.64. The molecular weight excluding hydrogens is 294 g/mol. The summed E-state index contributed by atoms with van der Waals surface area (Å²) in [6.45, 7) is 4.45. The van der Waals surface area contributed by atoms with Crippen molar-refractivity contribution in [3.63, 3.8) is 0 Å². The van der Waals surface area contributed by atoms with Gasteiger partial charge in [0, 0.05) is 20.8 Å². The SMILES string of the molecule is Cc1sc(CNCC2CC3CCC2C3)cc1Br. The third kappa shape index (κ3) is 2.61. The number of halogens is 1. The largest absolute Gasteiger partial charge is 0.312 e. The first-order valence-corrected chi connectivity index (χ1v) is 8.29. The second-order valence-corrected chi connectivity index (χ2v) is 7.88. The van der Waals surface area contributed by atoms with Gasteiger partial charge in [-0.15, -0.1) is 11.3 Å². The molecule has 17 heavy (non-hydrogen) atoms. The second-order valence-electron chi connectivity index (χ2n) is 5.68. The Morgan fingerprint density at radius 2 is 2.29 bits per heavy atom. The predicted molar refractivity (Wildman–Crippen MR) is 77.4 cm³/mol. The number of aryl methyl sites for hydroxylation is 1. The van der Waals surface area contributed by atoms with Crippen LogP contribution < -0.4 is 5.32 Å². The Bertz CT molecular complexity index is 381. The molecule has 1 N–H and O–H groups in total. The molecule has 2 fully saturated rings. The van der Waals surface area contributed by atoms with Crippen LogP contribution in [0.1, 0.15) is 35.4 Å². The van der Waals surface area contributed by atoms with Crippen LogP contribution in [-0.4, -0.2) is 6.54 Å². The lowest BCUT2D eigenvalue weighted by Crippen LogP contribution is -2.25. The molecule has 1 aromatic rings. The number of fused-ring (bicyclic) bond motifs is 2. The topological polar surface area (TPSA) is 12.0 Å². The average Bonchev–Trinajstić information content (AvgIpc) is 2.96. The molecule has 94 valence electrons. The Labute approximate surface area is 116 Å². The van der Waals surface area contributed by atoms with Gasteiger partial charge >= 0.3 is 0 Å². The lowest BCUT2D eigenvalue weighted by Gasteiger charge is -2.21. The quantitative estimate of drug-likeness (QED) is 0.871. The van der Waals surface area contributed by atoms with Gasteiger partial charge < -0.3 is 5.32 Å². The smallest absolute Gasteiger partial charge is 0.0314 e. The summed E-state index contributed by atoms with van der Waals surface area (Å²) in [5, 5.41) is 3.66. The molecular formula is C14H20BrNS. The van der Waals surface area contributed by atoms with E-state index in [-0.39, 0.29) is 0 Å². The highest BCUT2D eigenvalue weighted by Crippen LogP contribution is 2.47. The molecule has 0 radical (unpaired) electrons. The highest BCUT2D eigenvalue weighted by atomic mass is 79.9. The van der Waals surface area contributed by atoms with Crippen molar-refractivity contribution in [3.8, 4) is 0 Å². The van der Waals surface area contributed by atoms with Gasteiger partial charge in [0.05, 0.1) is 0 Å². The van der Waals surface area contributed by atoms with Crippen LogP contribution in [0.2, 0.25) is 0 Å². The molecule has 1 aromatic heterocycles. The molecule has 0 aromatic carbocycles. The van der Waals surface area contributed by atoms with Gasteiger partial charge in [0.1, 0.15) is 0 Å². The number of hydrogen-bond acceptors (Lipinski definition) is 2. The zero-order valence-corrected chi connectivity index (χ0v) is 12.7. The molecule has 3 rings (SSSR count). The summed E-state index contributed by atoms with van der Waals surface area (Å²) in [4.78, 5) is 2.85. The first-order valence-electron chi connectivity index (χ1n) is 6.68. The van der Waals surface area contributed by atoms with E-state index in [1.54, 1.807) is 0 Å². The number of rotatable bonds is 4. The molecule has 2 bridgehead atoms. The van der Waals surface area contributed by atoms with Gasteiger partial charge in [0.2, 0.25) is 0 Å². The number of thiophene rings is 1. The Hall–Kier alpha value is 0.140. The van der Waals surface area contributed by atoms with E-state index in [0.29, 0.717) is 0 Å². The van der Waals surface area contributed by atoms with Crippen molar-refractivity contribution in [2.24, 2.45) is 17.8 Å². The number of nitrogens with one attached hydrogen (secondary N) is 1. The monoisotopic (exact) mass is 313 g/mol. The first-order chi connectivity index (χ1) is 8.22. The third-order valence-electron chi connectivity index (χ3n) is 4.50. The molecule has 3 atom stereocenters. The van der Waals surface area contributed by atoms with Crippen LogP contribution in [0.4, 0.5) is 0 Å². The summed E-state index contributed by atoms with van der Waals surface area (Å²) in [6.07, 6.45) is 6.03. The van der Waals surface area contributed by atoms with Crippen LogP contribution in [-0.2, 0) is 6.54 Å². The van der Waals surface area contributed by atoms with Crippen molar-refractivity contribution < 1.29 is 0 Å². The summed E-state index contributed by atoms with van der Waals surface area (Å²) in [6, 6.07) is 2.26. The van der Waals surface area contributed by atoms with E-state index in [4.69, 9.17) is 0 Å². The normalized spacial score (nSPS) is 31.3. The Kier molecular flexibility index (Phi) is 3.60. The first kappa shape index (κ1) is 12.2. The van der Waals surface area contributed by atoms with Gasteiger partial charge in [-0.2, -0.15) is 0 Å². The fraction of sp³-hybridized carbons (Fsp3) is 0.714. The van der Waals surface area contributed by atoms with Gasteiger partial charge in [0.15, 0.2) is 0 Å². The standard InChI is InChI=1S/C14H20BrNS/c1-9-14(15)6-13(17-9)8-16-7-12-5-10-2-3-11(12)4-10/h6,10-12,16H,2-5,7-8H2,1H3. The Morgan fingerprint density at radius 3 is 2.88 bits per heavy atom. The Morgan fingerprint density at radius 1 is 1.41 bits per heavy atom. The molecule has 0 saturated heterocycles. The summed E-state index contributed by atoms with van der Waals surface area (Å²) < 4.78 is 1.26. The van der Waals surface area contributed by atoms with Gasteiger partial charge in [-0.25, -0.2) is 0 Å². The van der Waals surface area contributed by atoms with Crippen LogP contribution in [0.5, 0.6) is 0 Å². The van der Waals surface area contributed by atoms with Crippen molar-refractivity contribution in [2.75, 3.05) is 6.54 Å². The van der Waals surface area contributed by atoms with E-state index >= 15 is 0 Å². The van der Waals surface area contributed by atoms with Crippen LogP contribution >= 0.6 is 27.3 Å². The van der Waals surface area contributed by atoms with Crippen LogP contribution in [0.25, 0.3) is 0 Å². The molecule has 2 saturated carbocycles. The van der Waals surface area contributed by atoms with E-state index in [2.05, 4.69) is 34.2 Å². The zero-order valence-electron chi connectivity index (χ0n) is 10.3. The summed E-state index contributed by atoms with van der Waals surface area (Å²) in [5.74, 6) is 3.09. The highest BCUT2D eigenvalue weighted by molar-refractivity contribution is 9.10. The van der Waals surface area contributed by atoms with Crippen molar-refractivity contribution in [2.45, 2.75) is 39.2 Å². The molecule has 0 spiro atoms. The van der Waals surface area contributed by atoms with Crippen molar-refractivity contribution in [1.82, 2.24) is 5.32 Å². The average molecular weight is 314 g/mol. The highest BCUT2D eigenvalue weighted by Gasteiger charge is 2.38. The zero-order chi connectivity index (χ0) is 11.8. The summed E-state index contributed by atoms with van der Waals surface area (Å²) >= 11 is 5.49. The van der Waals surface area contributed by atoms with Gasteiger partial charge in [-0.3, -0.25) is 0 Å². The summed E-state index contributed by atoms with van der Waals surface area (Å²) in [5.41, 5.74) is 0. The minimum Gasteiger partial charge on any atom is -0.312 e. The molecule has 1 heterocycles. The lowest BCUT2D eigenvalue weighted by molar-refractivity contribution is 0.319. The van der Waals surface area contributed by atoms with Crippen molar-refractivity contribution in [1.29, 1.82) is 0 Å². The maximum Gasteiger partial charge on any atom is 0.0314 e. The van der Waals surface area contributed by atoms with Gasteiger partial charge in [-0.1, -0.05) is 6.42 Å². The molecule has 0 aliphatic heterocycles. The van der Waals surface area contributed by atoms with E-state index in [1.807, 2.05) is 11.3 Å². The predicted octanol–water partition coefficient (Wildman–Crippen LogP) is 4.34. The van der Waals surface area contributed by atoms with Gasteiger partial charge in [-0.05, 0) is 72.5 Å².